The van der Waals surface area contributed by atoms with Gasteiger partial charge in [-0.2, -0.15) is 0 Å². The molecule has 0 N–H and O–H groups in total. The monoisotopic (exact) mass is 470 g/mol. The predicted octanol–water partition coefficient (Wildman–Crippen LogP) is 7.50. The normalized spacial score (nSPS) is 13.6. The highest BCUT2D eigenvalue weighted by atomic mass is 16.5. The molecular weight excluding hydrogens is 444 g/mol. The first-order valence-corrected chi connectivity index (χ1v) is 11.8. The minimum Gasteiger partial charge on any atom is -0.497 e. The number of rotatable bonds is 6. The smallest absolute Gasteiger partial charge is 0.186 e. The molecule has 5 rings (SSSR count). The second-order valence-electron chi connectivity index (χ2n) is 8.45. The van der Waals surface area contributed by atoms with E-state index in [4.69, 9.17) is 9.47 Å². The van der Waals surface area contributed by atoms with E-state index in [1.165, 1.54) is 0 Å². The molecule has 0 amide bonds. The number of carbonyl (C=O) groups is 1. The summed E-state index contributed by atoms with van der Waals surface area (Å²) in [6, 6.07) is 34.2. The van der Waals surface area contributed by atoms with Crippen molar-refractivity contribution in [2.24, 2.45) is 0 Å². The molecule has 1 aliphatic carbocycles. The highest BCUT2D eigenvalue weighted by Crippen LogP contribution is 2.37. The average molecular weight is 471 g/mol. The lowest BCUT2D eigenvalue weighted by atomic mass is 9.84. The highest BCUT2D eigenvalue weighted by molar-refractivity contribution is 6.17. The molecule has 0 aromatic heterocycles. The van der Waals surface area contributed by atoms with Crippen molar-refractivity contribution < 1.29 is 14.3 Å². The van der Waals surface area contributed by atoms with Crippen LogP contribution in [-0.2, 0) is 0 Å². The third-order valence-corrected chi connectivity index (χ3v) is 6.35. The maximum Gasteiger partial charge on any atom is 0.186 e. The minimum atomic E-state index is 0.0243. The molecule has 0 aliphatic heterocycles. The van der Waals surface area contributed by atoms with Gasteiger partial charge in [0.2, 0.25) is 0 Å². The fraction of sp³-hybridized carbons (Fsp3) is 0.0606. The number of fused-ring (bicyclic) bond motifs is 1. The Morgan fingerprint density at radius 1 is 0.583 bits per heavy atom. The summed E-state index contributed by atoms with van der Waals surface area (Å²) in [6.45, 7) is 0. The zero-order valence-corrected chi connectivity index (χ0v) is 20.3. The van der Waals surface area contributed by atoms with Gasteiger partial charge in [0.25, 0.3) is 0 Å². The Hall–Kier alpha value is -4.63. The number of ketones is 1. The number of carbonyl (C=O) groups excluding carboxylic acids is 1. The SMILES string of the molecule is COc1ccc(C(=CC(=C2C=CC(=O)c3ccccc32)c2ccccc2)c2ccc(OC)cc2)cc1. The fourth-order valence-corrected chi connectivity index (χ4v) is 4.46. The highest BCUT2D eigenvalue weighted by Gasteiger charge is 2.19. The number of hydrogen-bond donors (Lipinski definition) is 0. The van der Waals surface area contributed by atoms with Crippen LogP contribution in [0.2, 0.25) is 0 Å². The molecular formula is C33H26O3. The third-order valence-electron chi connectivity index (χ3n) is 6.35. The van der Waals surface area contributed by atoms with E-state index in [-0.39, 0.29) is 5.78 Å². The van der Waals surface area contributed by atoms with Crippen molar-refractivity contribution >= 4 is 22.5 Å². The third kappa shape index (κ3) is 4.64. The number of hydrogen-bond acceptors (Lipinski definition) is 3. The Labute approximate surface area is 211 Å². The first-order chi connectivity index (χ1) is 17.7. The van der Waals surface area contributed by atoms with Gasteiger partial charge in [0.15, 0.2) is 5.78 Å². The van der Waals surface area contributed by atoms with Crippen molar-refractivity contribution in [3.8, 4) is 11.5 Å². The van der Waals surface area contributed by atoms with Crippen LogP contribution < -0.4 is 9.47 Å². The van der Waals surface area contributed by atoms with E-state index >= 15 is 0 Å². The quantitative estimate of drug-likeness (QED) is 0.293. The Balaban J connectivity index is 1.79. The van der Waals surface area contributed by atoms with Crippen molar-refractivity contribution in [1.82, 2.24) is 0 Å². The predicted molar refractivity (Wildman–Crippen MR) is 146 cm³/mol. The van der Waals surface area contributed by atoms with Crippen molar-refractivity contribution in [2.45, 2.75) is 0 Å². The molecule has 0 bridgehead atoms. The topological polar surface area (TPSA) is 35.5 Å². The van der Waals surface area contributed by atoms with Gasteiger partial charge in [-0.05, 0) is 81.5 Å². The largest absolute Gasteiger partial charge is 0.497 e. The second kappa shape index (κ2) is 10.3. The molecule has 4 aromatic rings. The summed E-state index contributed by atoms with van der Waals surface area (Å²) in [5.41, 5.74) is 7.93. The van der Waals surface area contributed by atoms with E-state index in [9.17, 15) is 4.79 Å². The Morgan fingerprint density at radius 2 is 1.11 bits per heavy atom. The van der Waals surface area contributed by atoms with Crippen LogP contribution in [0.1, 0.15) is 32.6 Å². The van der Waals surface area contributed by atoms with Crippen LogP contribution in [0.25, 0.3) is 16.7 Å². The summed E-state index contributed by atoms with van der Waals surface area (Å²) in [7, 11) is 3.34. The van der Waals surface area contributed by atoms with E-state index in [1.807, 2.05) is 72.8 Å². The van der Waals surface area contributed by atoms with Gasteiger partial charge in [-0.25, -0.2) is 0 Å². The van der Waals surface area contributed by atoms with Gasteiger partial charge in [0.1, 0.15) is 11.5 Å². The maximum absolute atomic E-state index is 12.6. The molecule has 0 heterocycles. The molecule has 0 atom stereocenters. The van der Waals surface area contributed by atoms with Gasteiger partial charge in [0.05, 0.1) is 14.2 Å². The number of ether oxygens (including phenoxy) is 2. The van der Waals surface area contributed by atoms with E-state index in [0.717, 1.165) is 50.5 Å². The van der Waals surface area contributed by atoms with Crippen molar-refractivity contribution in [1.29, 1.82) is 0 Å². The molecule has 0 fully saturated rings. The summed E-state index contributed by atoms with van der Waals surface area (Å²) < 4.78 is 10.8. The van der Waals surface area contributed by atoms with Crippen LogP contribution in [0, 0.1) is 0 Å². The fourth-order valence-electron chi connectivity index (χ4n) is 4.46. The molecule has 0 saturated carbocycles. The van der Waals surface area contributed by atoms with Crippen LogP contribution in [0.3, 0.4) is 0 Å². The molecule has 0 spiro atoms. The summed E-state index contributed by atoms with van der Waals surface area (Å²) in [5.74, 6) is 1.63. The van der Waals surface area contributed by atoms with Crippen molar-refractivity contribution in [3.63, 3.8) is 0 Å². The van der Waals surface area contributed by atoms with Crippen LogP contribution in [0.15, 0.2) is 121 Å². The molecule has 0 saturated heterocycles. The van der Waals surface area contributed by atoms with Gasteiger partial charge in [0, 0.05) is 5.56 Å². The Kier molecular flexibility index (Phi) is 6.63. The van der Waals surface area contributed by atoms with Gasteiger partial charge in [-0.1, -0.05) is 78.9 Å². The first kappa shape index (κ1) is 23.1. The lowest BCUT2D eigenvalue weighted by Gasteiger charge is -2.19. The van der Waals surface area contributed by atoms with Crippen LogP contribution in [0.4, 0.5) is 0 Å². The van der Waals surface area contributed by atoms with Crippen molar-refractivity contribution in [2.75, 3.05) is 14.2 Å². The van der Waals surface area contributed by atoms with Crippen LogP contribution >= 0.6 is 0 Å². The minimum absolute atomic E-state index is 0.0243. The van der Waals surface area contributed by atoms with Gasteiger partial charge >= 0.3 is 0 Å². The summed E-state index contributed by atoms with van der Waals surface area (Å²) in [4.78, 5) is 12.6. The van der Waals surface area contributed by atoms with Gasteiger partial charge < -0.3 is 9.47 Å². The van der Waals surface area contributed by atoms with E-state index in [2.05, 4.69) is 42.5 Å². The van der Waals surface area contributed by atoms with E-state index < -0.39 is 0 Å². The van der Waals surface area contributed by atoms with Gasteiger partial charge in [-0.3, -0.25) is 4.79 Å². The summed E-state index contributed by atoms with van der Waals surface area (Å²) in [5, 5.41) is 0. The molecule has 3 nitrogen and oxygen atoms in total. The number of methoxy groups -OCH3 is 2. The number of benzene rings is 4. The summed E-state index contributed by atoms with van der Waals surface area (Å²) in [6.07, 6.45) is 5.81. The standard InChI is InChI=1S/C33H26O3/c1-35-26-16-12-24(13-17-26)31(25-14-18-27(36-2)19-15-25)22-32(23-8-4-3-5-9-23)29-20-21-33(34)30-11-7-6-10-28(29)30/h3-22H,1-2H3. The second-order valence-corrected chi connectivity index (χ2v) is 8.45. The van der Waals surface area contributed by atoms with E-state index in [0.29, 0.717) is 5.56 Å². The zero-order chi connectivity index (χ0) is 24.9. The first-order valence-electron chi connectivity index (χ1n) is 11.8. The molecule has 176 valence electrons. The van der Waals surface area contributed by atoms with Crippen LogP contribution in [-0.4, -0.2) is 20.0 Å². The molecule has 0 radical (unpaired) electrons. The lowest BCUT2D eigenvalue weighted by molar-refractivity contribution is 0.104. The Morgan fingerprint density at radius 3 is 1.67 bits per heavy atom. The van der Waals surface area contributed by atoms with Gasteiger partial charge in [-0.15, -0.1) is 0 Å². The molecule has 36 heavy (non-hydrogen) atoms. The molecule has 0 unspecified atom stereocenters. The average Bonchev–Trinajstić information content (AvgIpc) is 2.95. The molecule has 3 heteroatoms. The molecule has 1 aliphatic rings. The van der Waals surface area contributed by atoms with Crippen LogP contribution in [0.5, 0.6) is 11.5 Å². The maximum atomic E-state index is 12.6. The van der Waals surface area contributed by atoms with Crippen molar-refractivity contribution in [3.05, 3.63) is 149 Å². The lowest BCUT2D eigenvalue weighted by Crippen LogP contribution is -2.06. The summed E-state index contributed by atoms with van der Waals surface area (Å²) >= 11 is 0. The van der Waals surface area contributed by atoms with E-state index in [1.54, 1.807) is 20.3 Å². The zero-order valence-electron chi connectivity index (χ0n) is 20.3. The number of allylic oxidation sites excluding steroid dienone is 5. The Bertz CT molecular complexity index is 1420. The molecule has 4 aromatic carbocycles.